The van der Waals surface area contributed by atoms with E-state index in [1.165, 1.54) is 18.2 Å². The van der Waals surface area contributed by atoms with Gasteiger partial charge in [-0.25, -0.2) is 0 Å². The van der Waals surface area contributed by atoms with Gasteiger partial charge in [0.2, 0.25) is 5.75 Å². The molecule has 25 heavy (non-hydrogen) atoms. The van der Waals surface area contributed by atoms with Gasteiger partial charge in [0.1, 0.15) is 5.75 Å². The maximum absolute atomic E-state index is 11.7. The number of fused-ring (bicyclic) bond motifs is 2. The number of nitrogens with one attached hydrogen (secondary N) is 2. The van der Waals surface area contributed by atoms with Crippen molar-refractivity contribution in [3.05, 3.63) is 46.5 Å². The molecule has 0 saturated heterocycles. The first kappa shape index (κ1) is 14.7. The summed E-state index contributed by atoms with van der Waals surface area (Å²) in [6, 6.07) is 4.96. The number of amides is 4. The van der Waals surface area contributed by atoms with Crippen LogP contribution >= 0.6 is 0 Å². The van der Waals surface area contributed by atoms with Gasteiger partial charge in [0.25, 0.3) is 23.6 Å². The number of benzene rings is 2. The highest BCUT2D eigenvalue weighted by atomic mass is 16.5. The van der Waals surface area contributed by atoms with E-state index in [0.29, 0.717) is 0 Å². The monoisotopic (exact) mass is 340 g/mol. The SMILES string of the molecule is O=C1NC(=O)c2cc(Oc3c(O)cc4c(c3O)C(=O)NC4=O)ccc21. The van der Waals surface area contributed by atoms with Gasteiger partial charge in [-0.05, 0) is 24.3 Å². The van der Waals surface area contributed by atoms with Gasteiger partial charge in [-0.2, -0.15) is 0 Å². The average Bonchev–Trinajstić information content (AvgIpc) is 3.00. The maximum atomic E-state index is 11.7. The first-order chi connectivity index (χ1) is 11.9. The molecule has 2 heterocycles. The third-order valence-corrected chi connectivity index (χ3v) is 3.86. The fourth-order valence-electron chi connectivity index (χ4n) is 2.71. The molecule has 9 nitrogen and oxygen atoms in total. The Labute approximate surface area is 138 Å². The largest absolute Gasteiger partial charge is 0.504 e. The van der Waals surface area contributed by atoms with E-state index in [2.05, 4.69) is 5.32 Å². The zero-order valence-electron chi connectivity index (χ0n) is 12.2. The molecule has 2 aliphatic rings. The van der Waals surface area contributed by atoms with Crippen LogP contribution in [0.5, 0.6) is 23.0 Å². The summed E-state index contributed by atoms with van der Waals surface area (Å²) in [5, 5.41) is 24.3. The quantitative estimate of drug-likeness (QED) is 0.588. The molecule has 0 bridgehead atoms. The molecule has 0 unspecified atom stereocenters. The predicted molar refractivity (Wildman–Crippen MR) is 79.9 cm³/mol. The lowest BCUT2D eigenvalue weighted by atomic mass is 10.1. The third kappa shape index (κ3) is 2.02. The van der Waals surface area contributed by atoms with Gasteiger partial charge in [0.15, 0.2) is 11.5 Å². The Bertz CT molecular complexity index is 1030. The Kier molecular flexibility index (Phi) is 2.83. The van der Waals surface area contributed by atoms with Crippen LogP contribution in [0.25, 0.3) is 0 Å². The minimum atomic E-state index is -0.818. The molecule has 124 valence electrons. The highest BCUT2D eigenvalue weighted by Gasteiger charge is 2.34. The highest BCUT2D eigenvalue weighted by molar-refractivity contribution is 6.23. The summed E-state index contributed by atoms with van der Waals surface area (Å²) in [7, 11) is 0. The molecule has 0 radical (unpaired) electrons. The first-order valence-electron chi connectivity index (χ1n) is 6.99. The number of phenols is 2. The van der Waals surface area contributed by atoms with E-state index in [1.54, 1.807) is 0 Å². The third-order valence-electron chi connectivity index (χ3n) is 3.86. The van der Waals surface area contributed by atoms with E-state index < -0.39 is 40.9 Å². The Hall–Kier alpha value is -3.88. The molecule has 2 aromatic carbocycles. The van der Waals surface area contributed by atoms with E-state index in [4.69, 9.17) is 4.74 Å². The summed E-state index contributed by atoms with van der Waals surface area (Å²) in [4.78, 5) is 46.5. The lowest BCUT2D eigenvalue weighted by Crippen LogP contribution is -2.19. The van der Waals surface area contributed by atoms with Crippen LogP contribution in [0.3, 0.4) is 0 Å². The van der Waals surface area contributed by atoms with Crippen molar-refractivity contribution in [1.29, 1.82) is 0 Å². The second-order valence-corrected chi connectivity index (χ2v) is 5.37. The molecule has 0 fully saturated rings. The maximum Gasteiger partial charge on any atom is 0.262 e. The van der Waals surface area contributed by atoms with Gasteiger partial charge in [-0.3, -0.25) is 29.8 Å². The van der Waals surface area contributed by atoms with Crippen LogP contribution in [0.2, 0.25) is 0 Å². The second kappa shape index (κ2) is 4.81. The van der Waals surface area contributed by atoms with Crippen LogP contribution in [0, 0.1) is 0 Å². The van der Waals surface area contributed by atoms with Crippen molar-refractivity contribution >= 4 is 23.6 Å². The fraction of sp³-hybridized carbons (Fsp3) is 0. The number of hydrogen-bond donors (Lipinski definition) is 4. The van der Waals surface area contributed by atoms with Gasteiger partial charge >= 0.3 is 0 Å². The molecule has 4 N–H and O–H groups in total. The summed E-state index contributed by atoms with van der Waals surface area (Å²) in [6.07, 6.45) is 0. The summed E-state index contributed by atoms with van der Waals surface area (Å²) < 4.78 is 5.38. The van der Waals surface area contributed by atoms with Gasteiger partial charge in [-0.1, -0.05) is 0 Å². The lowest BCUT2D eigenvalue weighted by molar-refractivity contribution is 0.0862. The Morgan fingerprint density at radius 3 is 2.16 bits per heavy atom. The molecule has 0 aliphatic carbocycles. The number of imide groups is 2. The van der Waals surface area contributed by atoms with Crippen molar-refractivity contribution in [3.8, 4) is 23.0 Å². The summed E-state index contributed by atoms with van der Waals surface area (Å²) >= 11 is 0. The van der Waals surface area contributed by atoms with E-state index >= 15 is 0 Å². The van der Waals surface area contributed by atoms with Crippen molar-refractivity contribution in [2.75, 3.05) is 0 Å². The summed E-state index contributed by atoms with van der Waals surface area (Å²) in [5.41, 5.74) is -0.238. The average molecular weight is 340 g/mol. The van der Waals surface area contributed by atoms with Crippen LogP contribution in [-0.4, -0.2) is 33.8 Å². The van der Waals surface area contributed by atoms with Gasteiger partial charge in [-0.15, -0.1) is 0 Å². The number of phenolic OH excluding ortho intramolecular Hbond substituents is 2. The number of ether oxygens (including phenoxy) is 1. The molecule has 0 aromatic heterocycles. The normalized spacial score (nSPS) is 14.9. The molecular weight excluding hydrogens is 332 g/mol. The lowest BCUT2D eigenvalue weighted by Gasteiger charge is -2.12. The molecule has 4 rings (SSSR count). The smallest absolute Gasteiger partial charge is 0.262 e. The topological polar surface area (TPSA) is 142 Å². The molecule has 0 spiro atoms. The van der Waals surface area contributed by atoms with Gasteiger partial charge < -0.3 is 14.9 Å². The zero-order chi connectivity index (χ0) is 17.9. The van der Waals surface area contributed by atoms with E-state index in [1.807, 2.05) is 5.32 Å². The van der Waals surface area contributed by atoms with Crippen LogP contribution in [0.1, 0.15) is 41.4 Å². The highest BCUT2D eigenvalue weighted by Crippen LogP contribution is 2.44. The summed E-state index contributed by atoms with van der Waals surface area (Å²) in [5.74, 6) is -4.39. The van der Waals surface area contributed by atoms with Crippen molar-refractivity contribution in [2.24, 2.45) is 0 Å². The minimum Gasteiger partial charge on any atom is -0.504 e. The minimum absolute atomic E-state index is 0.0406. The Balaban J connectivity index is 1.78. The Morgan fingerprint density at radius 1 is 0.760 bits per heavy atom. The second-order valence-electron chi connectivity index (χ2n) is 5.37. The van der Waals surface area contributed by atoms with Crippen LogP contribution in [-0.2, 0) is 0 Å². The molecular formula is C16H8N2O7. The Morgan fingerprint density at radius 2 is 1.40 bits per heavy atom. The van der Waals surface area contributed by atoms with Gasteiger partial charge in [0, 0.05) is 0 Å². The first-order valence-corrected chi connectivity index (χ1v) is 6.99. The van der Waals surface area contributed by atoms with Crippen molar-refractivity contribution in [2.45, 2.75) is 0 Å². The summed E-state index contributed by atoms with van der Waals surface area (Å²) in [6.45, 7) is 0. The number of carbonyl (C=O) groups excluding carboxylic acids is 4. The number of hydrogen-bond acceptors (Lipinski definition) is 7. The molecule has 2 aromatic rings. The van der Waals surface area contributed by atoms with Crippen molar-refractivity contribution < 1.29 is 34.1 Å². The molecule has 0 saturated carbocycles. The zero-order valence-corrected chi connectivity index (χ0v) is 12.2. The van der Waals surface area contributed by atoms with Crippen molar-refractivity contribution in [1.82, 2.24) is 10.6 Å². The van der Waals surface area contributed by atoms with Crippen LogP contribution in [0.15, 0.2) is 24.3 Å². The number of carbonyl (C=O) groups is 4. The van der Waals surface area contributed by atoms with Crippen molar-refractivity contribution in [3.63, 3.8) is 0 Å². The standard InChI is InChI=1S/C16H8N2O7/c19-9-4-8-10(16(24)18-15(8)23)11(20)12(9)25-5-1-2-6-7(3-5)14(22)17-13(6)21/h1-4,19-20H,(H,17,21,22)(H,18,23,24). The fourth-order valence-corrected chi connectivity index (χ4v) is 2.71. The molecule has 9 heteroatoms. The van der Waals surface area contributed by atoms with Gasteiger partial charge in [0.05, 0.1) is 22.3 Å². The number of rotatable bonds is 2. The molecule has 2 aliphatic heterocycles. The van der Waals surface area contributed by atoms with E-state index in [0.717, 1.165) is 6.07 Å². The van der Waals surface area contributed by atoms with Crippen LogP contribution < -0.4 is 15.4 Å². The predicted octanol–water partition coefficient (Wildman–Crippen LogP) is 0.657. The number of aromatic hydroxyl groups is 2. The van der Waals surface area contributed by atoms with Crippen LogP contribution in [0.4, 0.5) is 0 Å². The van der Waals surface area contributed by atoms with E-state index in [9.17, 15) is 29.4 Å². The molecule has 0 atom stereocenters. The van der Waals surface area contributed by atoms with E-state index in [-0.39, 0.29) is 28.0 Å². The molecule has 4 amide bonds.